The Kier molecular flexibility index (Phi) is 3.90. The van der Waals surface area contributed by atoms with E-state index >= 15 is 0 Å². The van der Waals surface area contributed by atoms with Crippen LogP contribution in [0.3, 0.4) is 0 Å². The molecule has 1 amide bonds. The number of nitrogens with zero attached hydrogens (tertiary/aromatic N) is 2. The lowest BCUT2D eigenvalue weighted by molar-refractivity contribution is 0.0648. The molecule has 1 saturated heterocycles. The van der Waals surface area contributed by atoms with Crippen LogP contribution in [-0.4, -0.2) is 48.3 Å². The summed E-state index contributed by atoms with van der Waals surface area (Å²) in [5.74, 6) is -0.0908. The Morgan fingerprint density at radius 2 is 2.14 bits per heavy atom. The molecule has 1 aromatic carbocycles. The summed E-state index contributed by atoms with van der Waals surface area (Å²) in [5, 5.41) is 18.7. The zero-order chi connectivity index (χ0) is 15.7. The molecule has 1 aliphatic heterocycles. The second-order valence-electron chi connectivity index (χ2n) is 6.16. The van der Waals surface area contributed by atoms with E-state index in [1.165, 1.54) is 0 Å². The van der Waals surface area contributed by atoms with E-state index < -0.39 is 0 Å². The van der Waals surface area contributed by atoms with Crippen LogP contribution in [0.5, 0.6) is 0 Å². The van der Waals surface area contributed by atoms with Crippen LogP contribution in [0, 0.1) is 11.3 Å². The van der Waals surface area contributed by atoms with Crippen molar-refractivity contribution in [1.29, 1.82) is 5.26 Å². The summed E-state index contributed by atoms with van der Waals surface area (Å²) >= 11 is 0. The van der Waals surface area contributed by atoms with E-state index in [1.807, 2.05) is 12.1 Å². The fourth-order valence-corrected chi connectivity index (χ4v) is 3.15. The van der Waals surface area contributed by atoms with Gasteiger partial charge < -0.3 is 14.7 Å². The summed E-state index contributed by atoms with van der Waals surface area (Å²) in [6.45, 7) is 0.450. The second kappa shape index (κ2) is 5.71. The van der Waals surface area contributed by atoms with Crippen molar-refractivity contribution in [1.82, 2.24) is 4.90 Å². The van der Waals surface area contributed by atoms with Gasteiger partial charge in [0.25, 0.3) is 5.91 Å². The minimum absolute atomic E-state index is 0.0197. The summed E-state index contributed by atoms with van der Waals surface area (Å²) < 4.78 is 5.31. The highest BCUT2D eigenvalue weighted by molar-refractivity contribution is 5.94. The molecule has 0 bridgehead atoms. The maximum Gasteiger partial charge on any atom is 0.254 e. The average molecular weight is 300 g/mol. The van der Waals surface area contributed by atoms with E-state index in [1.54, 1.807) is 24.1 Å². The Balaban J connectivity index is 1.76. The summed E-state index contributed by atoms with van der Waals surface area (Å²) in [4.78, 5) is 14.3. The summed E-state index contributed by atoms with van der Waals surface area (Å²) in [6.07, 6.45) is 2.43. The van der Waals surface area contributed by atoms with Crippen LogP contribution in [0.15, 0.2) is 24.3 Å². The molecular formula is C17H20N2O3. The quantitative estimate of drug-likeness (QED) is 0.913. The standard InChI is InChI=1S/C17H20N2O3/c1-22-15-8-14(10-20)19(9-15)16(21)12-2-4-13(5-3-12)17(11-18)6-7-17/h2-5,14-15,20H,6-10H2,1H3/t14-,15-/m0/s1. The topological polar surface area (TPSA) is 73.6 Å². The molecule has 2 atom stereocenters. The van der Waals surface area contributed by atoms with Gasteiger partial charge in [-0.15, -0.1) is 0 Å². The van der Waals surface area contributed by atoms with Crippen molar-refractivity contribution in [3.8, 4) is 6.07 Å². The lowest BCUT2D eigenvalue weighted by atomic mass is 9.96. The number of carbonyl (C=O) groups excluding carboxylic acids is 1. The number of aliphatic hydroxyl groups excluding tert-OH is 1. The van der Waals surface area contributed by atoms with Gasteiger partial charge in [0, 0.05) is 19.2 Å². The number of likely N-dealkylation sites (tertiary alicyclic amines) is 1. The molecule has 116 valence electrons. The fraction of sp³-hybridized carbons (Fsp3) is 0.529. The Hall–Kier alpha value is -1.90. The maximum absolute atomic E-state index is 12.6. The van der Waals surface area contributed by atoms with Gasteiger partial charge in [0.2, 0.25) is 0 Å². The number of rotatable bonds is 4. The first-order valence-electron chi connectivity index (χ1n) is 7.60. The molecule has 2 aliphatic rings. The zero-order valence-electron chi connectivity index (χ0n) is 12.7. The highest BCUT2D eigenvalue weighted by Crippen LogP contribution is 2.47. The largest absolute Gasteiger partial charge is 0.394 e. The number of benzene rings is 1. The Labute approximate surface area is 130 Å². The molecule has 5 nitrogen and oxygen atoms in total. The minimum Gasteiger partial charge on any atom is -0.394 e. The molecular weight excluding hydrogens is 280 g/mol. The predicted octanol–water partition coefficient (Wildman–Crippen LogP) is 1.46. The first-order valence-corrected chi connectivity index (χ1v) is 7.60. The number of ether oxygens (including phenoxy) is 1. The Morgan fingerprint density at radius 3 is 2.64 bits per heavy atom. The van der Waals surface area contributed by atoms with E-state index in [-0.39, 0.29) is 30.1 Å². The smallest absolute Gasteiger partial charge is 0.254 e. The van der Waals surface area contributed by atoms with Crippen molar-refractivity contribution < 1.29 is 14.6 Å². The van der Waals surface area contributed by atoms with Crippen LogP contribution >= 0.6 is 0 Å². The van der Waals surface area contributed by atoms with E-state index in [2.05, 4.69) is 6.07 Å². The van der Waals surface area contributed by atoms with Crippen molar-refractivity contribution in [2.75, 3.05) is 20.3 Å². The van der Waals surface area contributed by atoms with E-state index in [0.29, 0.717) is 18.5 Å². The molecule has 0 unspecified atom stereocenters. The van der Waals surface area contributed by atoms with Gasteiger partial charge >= 0.3 is 0 Å². The van der Waals surface area contributed by atoms with E-state index in [0.717, 1.165) is 18.4 Å². The van der Waals surface area contributed by atoms with Gasteiger partial charge in [-0.1, -0.05) is 12.1 Å². The molecule has 1 saturated carbocycles. The highest BCUT2D eigenvalue weighted by atomic mass is 16.5. The van der Waals surface area contributed by atoms with Gasteiger partial charge in [0.1, 0.15) is 0 Å². The zero-order valence-corrected chi connectivity index (χ0v) is 12.7. The van der Waals surface area contributed by atoms with Gasteiger partial charge in [-0.25, -0.2) is 0 Å². The number of aliphatic hydroxyl groups is 1. The molecule has 1 N–H and O–H groups in total. The van der Waals surface area contributed by atoms with Crippen molar-refractivity contribution >= 4 is 5.91 Å². The number of amides is 1. The average Bonchev–Trinajstić information content (AvgIpc) is 3.26. The summed E-state index contributed by atoms with van der Waals surface area (Å²) in [5.41, 5.74) is 1.25. The predicted molar refractivity (Wildman–Crippen MR) is 80.3 cm³/mol. The third-order valence-electron chi connectivity index (χ3n) is 4.83. The molecule has 1 heterocycles. The van der Waals surface area contributed by atoms with Crippen molar-refractivity contribution in [3.05, 3.63) is 35.4 Å². The van der Waals surface area contributed by atoms with Crippen LogP contribution < -0.4 is 0 Å². The number of hydrogen-bond acceptors (Lipinski definition) is 4. The van der Waals surface area contributed by atoms with Crippen LogP contribution in [-0.2, 0) is 10.2 Å². The minimum atomic E-state index is -0.329. The Bertz CT molecular complexity index is 601. The van der Waals surface area contributed by atoms with Crippen LogP contribution in [0.25, 0.3) is 0 Å². The summed E-state index contributed by atoms with van der Waals surface area (Å²) in [7, 11) is 1.62. The van der Waals surface area contributed by atoms with Crippen molar-refractivity contribution in [2.45, 2.75) is 36.8 Å². The highest BCUT2D eigenvalue weighted by Gasteiger charge is 2.45. The Morgan fingerprint density at radius 1 is 1.45 bits per heavy atom. The molecule has 1 aliphatic carbocycles. The van der Waals surface area contributed by atoms with Crippen LogP contribution in [0.2, 0.25) is 0 Å². The number of methoxy groups -OCH3 is 1. The molecule has 5 heteroatoms. The van der Waals surface area contributed by atoms with Crippen molar-refractivity contribution in [3.63, 3.8) is 0 Å². The molecule has 0 radical (unpaired) electrons. The van der Waals surface area contributed by atoms with Gasteiger partial charge in [-0.05, 0) is 37.0 Å². The lowest BCUT2D eigenvalue weighted by Crippen LogP contribution is -2.38. The van der Waals surface area contributed by atoms with Gasteiger partial charge in [0.15, 0.2) is 0 Å². The molecule has 22 heavy (non-hydrogen) atoms. The monoisotopic (exact) mass is 300 g/mol. The van der Waals surface area contributed by atoms with Gasteiger partial charge in [-0.2, -0.15) is 5.26 Å². The number of hydrogen-bond donors (Lipinski definition) is 1. The van der Waals surface area contributed by atoms with E-state index in [9.17, 15) is 15.2 Å². The molecule has 1 aromatic rings. The molecule has 0 spiro atoms. The number of nitriles is 1. The normalized spacial score (nSPS) is 25.8. The third-order valence-corrected chi connectivity index (χ3v) is 4.83. The van der Waals surface area contributed by atoms with Gasteiger partial charge in [-0.3, -0.25) is 4.79 Å². The lowest BCUT2D eigenvalue weighted by Gasteiger charge is -2.23. The van der Waals surface area contributed by atoms with Crippen LogP contribution in [0.4, 0.5) is 0 Å². The SMILES string of the molecule is CO[C@H]1C[C@@H](CO)N(C(=O)c2ccc(C3(C#N)CC3)cc2)C1. The van der Waals surface area contributed by atoms with E-state index in [4.69, 9.17) is 4.74 Å². The second-order valence-corrected chi connectivity index (χ2v) is 6.16. The third kappa shape index (κ3) is 2.49. The first kappa shape index (κ1) is 15.0. The maximum atomic E-state index is 12.6. The van der Waals surface area contributed by atoms with Crippen LogP contribution in [0.1, 0.15) is 35.2 Å². The fourth-order valence-electron chi connectivity index (χ4n) is 3.15. The van der Waals surface area contributed by atoms with Gasteiger partial charge in [0.05, 0.1) is 30.2 Å². The molecule has 2 fully saturated rings. The first-order chi connectivity index (χ1) is 10.6. The molecule has 0 aromatic heterocycles. The number of carbonyl (C=O) groups is 1. The summed E-state index contributed by atoms with van der Waals surface area (Å²) in [6, 6.07) is 9.48. The molecule has 3 rings (SSSR count). The van der Waals surface area contributed by atoms with Crippen molar-refractivity contribution in [2.24, 2.45) is 0 Å².